The zero-order chi connectivity index (χ0) is 7.61. The molecule has 0 N–H and O–H groups in total. The summed E-state index contributed by atoms with van der Waals surface area (Å²) < 4.78 is 0. The molecule has 5 heteroatoms. The van der Waals surface area contributed by atoms with E-state index in [1.54, 1.807) is 17.2 Å². The summed E-state index contributed by atoms with van der Waals surface area (Å²) in [5.74, 6) is 0. The van der Waals surface area contributed by atoms with Gasteiger partial charge in [0, 0.05) is 6.20 Å². The highest BCUT2D eigenvalue weighted by Crippen LogP contribution is 2.57. The van der Waals surface area contributed by atoms with Crippen LogP contribution >= 0.6 is 39.2 Å². The fraction of sp³-hybridized carbons (Fsp3) is 0.200. The maximum Gasteiger partial charge on any atom is 0.200 e. The van der Waals surface area contributed by atoms with Crippen LogP contribution in [-0.4, -0.2) is 16.0 Å². The Bertz CT molecular complexity index is 202. The molecule has 1 atom stereocenters. The van der Waals surface area contributed by atoms with Gasteiger partial charge in [-0.15, -0.1) is 0 Å². The first-order valence-corrected chi connectivity index (χ1v) is 7.23. The summed E-state index contributed by atoms with van der Waals surface area (Å²) >= 11 is 6.44. The second kappa shape index (κ2) is 3.19. The average molecular weight is 287 g/mol. The molecule has 10 heavy (non-hydrogen) atoms. The largest absolute Gasteiger partial charge is 0.286 e. The summed E-state index contributed by atoms with van der Waals surface area (Å²) in [6.45, 7) is 0. The molecule has 0 saturated heterocycles. The van der Waals surface area contributed by atoms with Crippen LogP contribution in [-0.2, 0) is 4.79 Å². The Hall–Kier alpha value is 0.390. The number of carbonyl (C=O) groups excluding carboxylic acids is 1. The number of carbonyl (C=O) groups is 1. The number of rotatable bonds is 1. The number of nitrogens with zero attached hydrogens (tertiary/aromatic N) is 1. The van der Waals surface area contributed by atoms with E-state index in [0.717, 1.165) is 0 Å². The normalized spacial score (nSPS) is 35.8. The molecule has 1 unspecified atom stereocenters. The second-order valence-electron chi connectivity index (χ2n) is 1.67. The van der Waals surface area contributed by atoms with Crippen LogP contribution in [0, 0.1) is 0 Å². The first-order valence-electron chi connectivity index (χ1n) is 2.50. The molecule has 2 nitrogen and oxygen atoms in total. The number of aliphatic imine (C=N–C) groups is 1. The lowest BCUT2D eigenvalue weighted by Gasteiger charge is -2.16. The lowest BCUT2D eigenvalue weighted by atomic mass is 10.9. The maximum absolute atomic E-state index is 11.1. The summed E-state index contributed by atoms with van der Waals surface area (Å²) in [7, 11) is -1.48. The molecule has 1 aliphatic heterocycles. The van der Waals surface area contributed by atoms with Crippen molar-refractivity contribution in [3.05, 3.63) is 11.6 Å². The highest BCUT2D eigenvalue weighted by Gasteiger charge is 2.25. The van der Waals surface area contributed by atoms with E-state index in [4.69, 9.17) is 0 Å². The first kappa shape index (κ1) is 8.49. The van der Waals surface area contributed by atoms with Crippen LogP contribution in [0.15, 0.2) is 16.6 Å². The van der Waals surface area contributed by atoms with Crippen LogP contribution in [0.1, 0.15) is 0 Å². The van der Waals surface area contributed by atoms with Gasteiger partial charge in [0.2, 0.25) is 0 Å². The van der Waals surface area contributed by atoms with Gasteiger partial charge < -0.3 is 0 Å². The summed E-state index contributed by atoms with van der Waals surface area (Å²) in [5, 5.41) is 2.32. The Morgan fingerprint density at radius 2 is 2.40 bits per heavy atom. The fourth-order valence-electron chi connectivity index (χ4n) is 0.501. The number of halogens is 2. The second-order valence-corrected chi connectivity index (χ2v) is 7.64. The van der Waals surface area contributed by atoms with Crippen molar-refractivity contribution in [2.45, 2.75) is 0 Å². The molecule has 0 aromatic heterocycles. The molecular weight excluding hydrogens is 282 g/mol. The third kappa shape index (κ3) is 1.52. The molecule has 0 aliphatic carbocycles. The highest BCUT2D eigenvalue weighted by molar-refractivity contribution is 9.63. The van der Waals surface area contributed by atoms with Crippen LogP contribution < -0.4 is 0 Å². The molecule has 0 radical (unpaired) electrons. The Morgan fingerprint density at radius 1 is 1.70 bits per heavy atom. The Kier molecular flexibility index (Phi) is 2.71. The van der Waals surface area contributed by atoms with E-state index in [9.17, 15) is 4.79 Å². The van der Waals surface area contributed by atoms with Crippen molar-refractivity contribution in [2.75, 3.05) is 5.33 Å². The van der Waals surface area contributed by atoms with Crippen LogP contribution in [0.25, 0.3) is 0 Å². The van der Waals surface area contributed by atoms with Crippen LogP contribution in [0.4, 0.5) is 0 Å². The molecule has 1 rings (SSSR count). The molecule has 56 valence electrons. The lowest BCUT2D eigenvalue weighted by Crippen LogP contribution is -2.04. The summed E-state index contributed by atoms with van der Waals surface area (Å²) in [6.07, 6.45) is 1.64. The van der Waals surface area contributed by atoms with Crippen LogP contribution in [0.2, 0.25) is 0 Å². The smallest absolute Gasteiger partial charge is 0.200 e. The molecule has 0 saturated carbocycles. The van der Waals surface area contributed by atoms with Crippen molar-refractivity contribution in [2.24, 2.45) is 4.99 Å². The van der Waals surface area contributed by atoms with E-state index in [1.165, 1.54) is 0 Å². The first-order chi connectivity index (χ1) is 4.69. The van der Waals surface area contributed by atoms with Crippen molar-refractivity contribution in [1.82, 2.24) is 0 Å². The van der Waals surface area contributed by atoms with Crippen LogP contribution in [0.3, 0.4) is 0 Å². The minimum Gasteiger partial charge on any atom is -0.286 e. The SMILES string of the molecule is O=C(CBr)S1(Br)C=CN=C1. The fourth-order valence-corrected chi connectivity index (χ4v) is 4.48. The van der Waals surface area contributed by atoms with E-state index in [0.29, 0.717) is 5.33 Å². The highest BCUT2D eigenvalue weighted by atomic mass is 79.9. The molecule has 0 spiro atoms. The Morgan fingerprint density at radius 3 is 2.80 bits per heavy atom. The van der Waals surface area contributed by atoms with E-state index in [1.807, 2.05) is 0 Å². The molecule has 0 bridgehead atoms. The summed E-state index contributed by atoms with van der Waals surface area (Å²) in [6, 6.07) is 0. The van der Waals surface area contributed by atoms with Crippen molar-refractivity contribution < 1.29 is 4.79 Å². The minimum absolute atomic E-state index is 0.144. The zero-order valence-electron chi connectivity index (χ0n) is 4.96. The van der Waals surface area contributed by atoms with Gasteiger partial charge in [-0.2, -0.15) is 0 Å². The summed E-state index contributed by atoms with van der Waals surface area (Å²) in [4.78, 5) is 15.0. The topological polar surface area (TPSA) is 29.4 Å². The predicted molar refractivity (Wildman–Crippen MR) is 53.0 cm³/mol. The standard InChI is InChI=1S/C5H5Br2NOS/c6-3-5(9)10(7)2-1-8-4-10/h1-2,4H,3H2. The molecule has 0 fully saturated rings. The third-order valence-electron chi connectivity index (χ3n) is 1.02. The van der Waals surface area contributed by atoms with Gasteiger partial charge in [-0.05, 0) is 20.2 Å². The monoisotopic (exact) mass is 285 g/mol. The van der Waals surface area contributed by atoms with E-state index in [2.05, 4.69) is 35.7 Å². The van der Waals surface area contributed by atoms with Gasteiger partial charge >= 0.3 is 0 Å². The van der Waals surface area contributed by atoms with E-state index >= 15 is 0 Å². The average Bonchev–Trinajstić information content (AvgIpc) is 2.36. The molecular formula is C5H5Br2NOS. The molecule has 0 amide bonds. The van der Waals surface area contributed by atoms with Gasteiger partial charge in [-0.25, -0.2) is 0 Å². The quantitative estimate of drug-likeness (QED) is 0.681. The van der Waals surface area contributed by atoms with Gasteiger partial charge in [0.15, 0.2) is 5.12 Å². The molecule has 0 aromatic rings. The minimum atomic E-state index is -1.48. The predicted octanol–water partition coefficient (Wildman–Crippen LogP) is 2.54. The van der Waals surface area contributed by atoms with Crippen molar-refractivity contribution in [1.29, 1.82) is 0 Å². The van der Waals surface area contributed by atoms with Gasteiger partial charge in [-0.3, -0.25) is 9.79 Å². The van der Waals surface area contributed by atoms with E-state index < -0.39 is 8.46 Å². The third-order valence-corrected chi connectivity index (χ3v) is 5.92. The maximum atomic E-state index is 11.1. The number of hydrogen-bond acceptors (Lipinski definition) is 2. The van der Waals surface area contributed by atoms with Crippen molar-refractivity contribution in [3.8, 4) is 0 Å². The summed E-state index contributed by atoms with van der Waals surface area (Å²) in [5.41, 5.74) is 1.66. The van der Waals surface area contributed by atoms with Crippen LogP contribution in [0.5, 0.6) is 0 Å². The molecule has 1 heterocycles. The van der Waals surface area contributed by atoms with Crippen molar-refractivity contribution in [3.63, 3.8) is 0 Å². The zero-order valence-corrected chi connectivity index (χ0v) is 8.95. The van der Waals surface area contributed by atoms with Crippen molar-refractivity contribution >= 4 is 49.9 Å². The van der Waals surface area contributed by atoms with E-state index in [-0.39, 0.29) is 5.12 Å². The number of alkyl halides is 1. The van der Waals surface area contributed by atoms with Gasteiger partial charge in [0.05, 0.1) is 10.9 Å². The molecule has 1 aliphatic rings. The number of hydrogen-bond donors (Lipinski definition) is 0. The molecule has 0 aromatic carbocycles. The van der Waals surface area contributed by atoms with Gasteiger partial charge in [0.1, 0.15) is 0 Å². The Balaban J connectivity index is 2.79. The Labute approximate surface area is 76.4 Å². The van der Waals surface area contributed by atoms with Gasteiger partial charge in [0.25, 0.3) is 0 Å². The van der Waals surface area contributed by atoms with Gasteiger partial charge in [-0.1, -0.05) is 24.4 Å². The lowest BCUT2D eigenvalue weighted by molar-refractivity contribution is -0.108.